The van der Waals surface area contributed by atoms with Gasteiger partial charge in [0.1, 0.15) is 6.10 Å². The molecular weight excluding hydrogens is 178 g/mol. The van der Waals surface area contributed by atoms with Crippen LogP contribution in [0.5, 0.6) is 5.88 Å². The van der Waals surface area contributed by atoms with Gasteiger partial charge in [-0.1, -0.05) is 0 Å². The van der Waals surface area contributed by atoms with Gasteiger partial charge in [-0.15, -0.1) is 0 Å². The van der Waals surface area contributed by atoms with E-state index < -0.39 is 0 Å². The fraction of sp³-hybridized carbons (Fsp3) is 0.600. The molecule has 4 nitrogen and oxygen atoms in total. The van der Waals surface area contributed by atoms with Gasteiger partial charge in [-0.05, 0) is 13.0 Å². The molecule has 2 aliphatic heterocycles. The molecule has 1 aromatic heterocycles. The van der Waals surface area contributed by atoms with Gasteiger partial charge in [0, 0.05) is 31.4 Å². The molecule has 2 bridgehead atoms. The summed E-state index contributed by atoms with van der Waals surface area (Å²) in [5.41, 5.74) is 0. The molecule has 0 aliphatic carbocycles. The van der Waals surface area contributed by atoms with Crippen molar-refractivity contribution in [3.63, 3.8) is 0 Å². The minimum Gasteiger partial charge on any atom is -0.472 e. The number of hydrogen-bond donors (Lipinski definition) is 0. The zero-order valence-electron chi connectivity index (χ0n) is 7.97. The zero-order chi connectivity index (χ0) is 9.38. The van der Waals surface area contributed by atoms with Crippen molar-refractivity contribution in [2.75, 3.05) is 19.6 Å². The Morgan fingerprint density at radius 2 is 2.36 bits per heavy atom. The molecule has 0 aromatic carbocycles. The van der Waals surface area contributed by atoms with Gasteiger partial charge in [-0.3, -0.25) is 9.88 Å². The van der Waals surface area contributed by atoms with E-state index in [0.29, 0.717) is 17.9 Å². The van der Waals surface area contributed by atoms with Crippen LogP contribution in [0, 0.1) is 5.92 Å². The average molecular weight is 191 g/mol. The van der Waals surface area contributed by atoms with Crippen LogP contribution < -0.4 is 4.74 Å². The normalized spacial score (nSPS) is 34.7. The highest BCUT2D eigenvalue weighted by atomic mass is 16.5. The van der Waals surface area contributed by atoms with E-state index in [9.17, 15) is 0 Å². The van der Waals surface area contributed by atoms with Crippen LogP contribution in [0.25, 0.3) is 0 Å². The van der Waals surface area contributed by atoms with E-state index in [1.54, 1.807) is 18.6 Å². The Labute approximate surface area is 82.9 Å². The van der Waals surface area contributed by atoms with Crippen molar-refractivity contribution in [1.82, 2.24) is 14.9 Å². The number of fused-ring (bicyclic) bond motifs is 2. The van der Waals surface area contributed by atoms with Crippen molar-refractivity contribution < 1.29 is 4.74 Å². The van der Waals surface area contributed by atoms with Crippen molar-refractivity contribution in [2.45, 2.75) is 12.5 Å². The second-order valence-corrected chi connectivity index (χ2v) is 4.01. The van der Waals surface area contributed by atoms with E-state index >= 15 is 0 Å². The lowest BCUT2D eigenvalue weighted by atomic mass is 10.0. The number of nitrogens with zero attached hydrogens (tertiary/aromatic N) is 3. The van der Waals surface area contributed by atoms with Crippen molar-refractivity contribution in [3.8, 4) is 5.88 Å². The molecule has 0 amide bonds. The maximum Gasteiger partial charge on any atom is 0.232 e. The molecule has 2 saturated heterocycles. The van der Waals surface area contributed by atoms with E-state index in [1.807, 2.05) is 0 Å². The predicted molar refractivity (Wildman–Crippen MR) is 51.0 cm³/mol. The van der Waals surface area contributed by atoms with Gasteiger partial charge < -0.3 is 4.74 Å². The van der Waals surface area contributed by atoms with Crippen LogP contribution in [-0.4, -0.2) is 40.6 Å². The Bertz CT molecular complexity index is 316. The highest BCUT2D eigenvalue weighted by Crippen LogP contribution is 2.30. The van der Waals surface area contributed by atoms with Crippen LogP contribution in [-0.2, 0) is 0 Å². The largest absolute Gasteiger partial charge is 0.472 e. The number of hydrogen-bond acceptors (Lipinski definition) is 4. The fourth-order valence-corrected chi connectivity index (χ4v) is 2.37. The van der Waals surface area contributed by atoms with E-state index in [4.69, 9.17) is 4.74 Å². The first-order valence-corrected chi connectivity index (χ1v) is 5.07. The monoisotopic (exact) mass is 191 g/mol. The third-order valence-electron chi connectivity index (χ3n) is 3.08. The summed E-state index contributed by atoms with van der Waals surface area (Å²) in [6.07, 6.45) is 6.62. The standard InChI is InChI=1S/C10H13N3O/c1-4-13-6-8(1)9(7-13)14-10-5-11-2-3-12-10/h2-3,5,8-9H,1,4,6-7H2/t8?,9-/m1/s1. The summed E-state index contributed by atoms with van der Waals surface area (Å²) < 4.78 is 5.79. The summed E-state index contributed by atoms with van der Waals surface area (Å²) in [5, 5.41) is 0. The molecule has 0 spiro atoms. The van der Waals surface area contributed by atoms with Gasteiger partial charge in [0.05, 0.1) is 6.20 Å². The minimum atomic E-state index is 0.334. The lowest BCUT2D eigenvalue weighted by Gasteiger charge is -2.22. The molecule has 14 heavy (non-hydrogen) atoms. The van der Waals surface area contributed by atoms with E-state index in [2.05, 4.69) is 14.9 Å². The Hall–Kier alpha value is -1.16. The Morgan fingerprint density at radius 1 is 1.36 bits per heavy atom. The maximum absolute atomic E-state index is 5.79. The fourth-order valence-electron chi connectivity index (χ4n) is 2.37. The Morgan fingerprint density at radius 3 is 3.00 bits per heavy atom. The average Bonchev–Trinajstić information content (AvgIpc) is 2.81. The lowest BCUT2D eigenvalue weighted by molar-refractivity contribution is 0.135. The highest BCUT2D eigenvalue weighted by molar-refractivity contribution is 5.04. The summed E-state index contributed by atoms with van der Waals surface area (Å²) in [6, 6.07) is 0. The number of aromatic nitrogens is 2. The molecule has 1 aromatic rings. The predicted octanol–water partition coefficient (Wildman–Crippen LogP) is 0.559. The van der Waals surface area contributed by atoms with Crippen LogP contribution in [0.3, 0.4) is 0 Å². The molecule has 4 heteroatoms. The van der Waals surface area contributed by atoms with Crippen molar-refractivity contribution >= 4 is 0 Å². The van der Waals surface area contributed by atoms with Crippen LogP contribution in [0.15, 0.2) is 18.6 Å². The Balaban J connectivity index is 1.69. The van der Waals surface area contributed by atoms with Crippen molar-refractivity contribution in [1.29, 1.82) is 0 Å². The third kappa shape index (κ3) is 1.35. The number of piperidine rings is 1. The summed E-state index contributed by atoms with van der Waals surface area (Å²) >= 11 is 0. The van der Waals surface area contributed by atoms with Crippen LogP contribution >= 0.6 is 0 Å². The van der Waals surface area contributed by atoms with E-state index in [1.165, 1.54) is 19.5 Å². The SMILES string of the molecule is c1cnc(O[C@@H]2CN3CCC2C3)cn1. The molecule has 3 atom stereocenters. The summed E-state index contributed by atoms with van der Waals surface area (Å²) in [6.45, 7) is 3.50. The van der Waals surface area contributed by atoms with E-state index in [0.717, 1.165) is 6.54 Å². The first-order valence-electron chi connectivity index (χ1n) is 5.07. The molecule has 74 valence electrons. The van der Waals surface area contributed by atoms with Gasteiger partial charge in [0.2, 0.25) is 5.88 Å². The molecule has 0 saturated carbocycles. The lowest BCUT2D eigenvalue weighted by Crippen LogP contribution is -2.32. The Kier molecular flexibility index (Phi) is 1.87. The van der Waals surface area contributed by atoms with Gasteiger partial charge >= 0.3 is 0 Å². The molecule has 0 N–H and O–H groups in total. The zero-order valence-corrected chi connectivity index (χ0v) is 7.97. The second kappa shape index (κ2) is 3.20. The maximum atomic E-state index is 5.79. The first kappa shape index (κ1) is 8.17. The molecule has 2 aliphatic rings. The third-order valence-corrected chi connectivity index (χ3v) is 3.08. The molecule has 2 unspecified atom stereocenters. The van der Waals surface area contributed by atoms with Gasteiger partial charge in [-0.25, -0.2) is 4.98 Å². The van der Waals surface area contributed by atoms with Crippen LogP contribution in [0.2, 0.25) is 0 Å². The van der Waals surface area contributed by atoms with Gasteiger partial charge in [0.25, 0.3) is 0 Å². The smallest absolute Gasteiger partial charge is 0.232 e. The second-order valence-electron chi connectivity index (χ2n) is 4.01. The van der Waals surface area contributed by atoms with E-state index in [-0.39, 0.29) is 0 Å². The molecule has 3 rings (SSSR count). The summed E-state index contributed by atoms with van der Waals surface area (Å²) in [4.78, 5) is 10.6. The van der Waals surface area contributed by atoms with Gasteiger partial charge in [0.15, 0.2) is 0 Å². The summed E-state index contributed by atoms with van der Waals surface area (Å²) in [7, 11) is 0. The highest BCUT2D eigenvalue weighted by Gasteiger charge is 2.39. The molecule has 0 radical (unpaired) electrons. The van der Waals surface area contributed by atoms with Crippen molar-refractivity contribution in [3.05, 3.63) is 18.6 Å². The number of ether oxygens (including phenoxy) is 1. The molecule has 3 heterocycles. The quantitative estimate of drug-likeness (QED) is 0.684. The first-order chi connectivity index (χ1) is 6.92. The molecule has 2 fully saturated rings. The topological polar surface area (TPSA) is 38.2 Å². The summed E-state index contributed by atoms with van der Waals surface area (Å²) in [5.74, 6) is 1.36. The number of rotatable bonds is 2. The minimum absolute atomic E-state index is 0.334. The van der Waals surface area contributed by atoms with Crippen molar-refractivity contribution in [2.24, 2.45) is 5.92 Å². The molecular formula is C10H13N3O. The van der Waals surface area contributed by atoms with Gasteiger partial charge in [-0.2, -0.15) is 0 Å². The van der Waals surface area contributed by atoms with Crippen LogP contribution in [0.1, 0.15) is 6.42 Å². The van der Waals surface area contributed by atoms with Crippen LogP contribution in [0.4, 0.5) is 0 Å².